The fourth-order valence-corrected chi connectivity index (χ4v) is 5.01. The number of rotatable bonds is 9. The van der Waals surface area contributed by atoms with Gasteiger partial charge in [-0.1, -0.05) is 13.3 Å². The zero-order valence-electron chi connectivity index (χ0n) is 18.0. The fraction of sp³-hybridized carbons (Fsp3) is 0.947. The molecule has 0 aromatic heterocycles. The van der Waals surface area contributed by atoms with Crippen LogP contribution in [0.15, 0.2) is 0 Å². The minimum atomic E-state index is -4.45. The normalized spacial score (nSPS) is 35.8. The van der Waals surface area contributed by atoms with Crippen molar-refractivity contribution < 1.29 is 38.0 Å². The first-order valence-corrected chi connectivity index (χ1v) is 11.8. The number of ether oxygens (including phenoxy) is 1. The van der Waals surface area contributed by atoms with Crippen molar-refractivity contribution in [3.63, 3.8) is 0 Å². The van der Waals surface area contributed by atoms with E-state index in [0.29, 0.717) is 12.3 Å². The van der Waals surface area contributed by atoms with Gasteiger partial charge in [0, 0.05) is 13.1 Å². The maximum absolute atomic E-state index is 13.0. The molecule has 0 saturated carbocycles. The van der Waals surface area contributed by atoms with Gasteiger partial charge in [0.25, 0.3) is 0 Å². The molecule has 2 unspecified atom stereocenters. The van der Waals surface area contributed by atoms with Crippen molar-refractivity contribution in [2.75, 3.05) is 32.9 Å². The molecule has 8 nitrogen and oxygen atoms in total. The van der Waals surface area contributed by atoms with E-state index in [4.69, 9.17) is 4.74 Å². The molecule has 2 saturated heterocycles. The number of carbonyl (C=O) groups excluding carboxylic acids is 1. The number of aliphatic hydroxyl groups excluding tert-OH is 3. The minimum absolute atomic E-state index is 0.328. The van der Waals surface area contributed by atoms with E-state index in [2.05, 4.69) is 17.6 Å². The smallest absolute Gasteiger partial charge is 0.388 e. The lowest BCUT2D eigenvalue weighted by molar-refractivity contribution is -0.205. The fourth-order valence-electron chi connectivity index (χ4n) is 4.33. The van der Waals surface area contributed by atoms with Gasteiger partial charge < -0.3 is 30.7 Å². The van der Waals surface area contributed by atoms with E-state index < -0.39 is 54.7 Å². The molecular weight excluding hydrogens is 439 g/mol. The monoisotopic (exact) mass is 473 g/mol. The van der Waals surface area contributed by atoms with Gasteiger partial charge in [-0.25, -0.2) is 0 Å². The van der Waals surface area contributed by atoms with Crippen molar-refractivity contribution in [3.8, 4) is 0 Å². The predicted molar refractivity (Wildman–Crippen MR) is 110 cm³/mol. The maximum atomic E-state index is 13.0. The first-order chi connectivity index (χ1) is 14.5. The van der Waals surface area contributed by atoms with Gasteiger partial charge in [0.2, 0.25) is 5.91 Å². The third-order valence-electron chi connectivity index (χ3n) is 5.89. The van der Waals surface area contributed by atoms with E-state index in [1.807, 2.05) is 11.9 Å². The molecule has 0 aromatic carbocycles. The molecule has 1 amide bonds. The number of carbonyl (C=O) groups is 1. The Morgan fingerprint density at radius 2 is 1.94 bits per heavy atom. The lowest BCUT2D eigenvalue weighted by Crippen LogP contribution is -2.65. The van der Waals surface area contributed by atoms with Gasteiger partial charge in [-0.3, -0.25) is 9.69 Å². The van der Waals surface area contributed by atoms with Gasteiger partial charge in [0.1, 0.15) is 29.9 Å². The number of amides is 1. The Morgan fingerprint density at radius 1 is 1.26 bits per heavy atom. The molecule has 2 aliphatic rings. The number of likely N-dealkylation sites (N-methyl/N-ethyl adjacent to an activating group) is 1. The van der Waals surface area contributed by atoms with Crippen molar-refractivity contribution >= 4 is 17.7 Å². The highest BCUT2D eigenvalue weighted by Crippen LogP contribution is 2.30. The molecule has 182 valence electrons. The van der Waals surface area contributed by atoms with Gasteiger partial charge in [-0.2, -0.15) is 13.2 Å². The second kappa shape index (κ2) is 11.5. The molecule has 0 spiro atoms. The predicted octanol–water partition coefficient (Wildman–Crippen LogP) is -0.0859. The first kappa shape index (κ1) is 26.6. The molecule has 0 aliphatic carbocycles. The summed E-state index contributed by atoms with van der Waals surface area (Å²) in [6, 6.07) is -1.48. The van der Waals surface area contributed by atoms with Crippen molar-refractivity contribution in [2.24, 2.45) is 5.92 Å². The summed E-state index contributed by atoms with van der Waals surface area (Å²) in [5.41, 5.74) is -0.895. The molecule has 31 heavy (non-hydrogen) atoms. The second-order valence-electron chi connectivity index (χ2n) is 8.38. The number of likely N-dealkylation sites (tertiary alicyclic amines) is 1. The lowest BCUT2D eigenvalue weighted by atomic mass is 9.94. The molecule has 0 bridgehead atoms. The summed E-state index contributed by atoms with van der Waals surface area (Å²) in [6.07, 6.45) is -5.89. The van der Waals surface area contributed by atoms with E-state index in [-0.39, 0.29) is 12.5 Å². The first-order valence-electron chi connectivity index (χ1n) is 10.5. The van der Waals surface area contributed by atoms with Crippen LogP contribution in [0.5, 0.6) is 0 Å². The van der Waals surface area contributed by atoms with Crippen LogP contribution in [0.3, 0.4) is 0 Å². The quantitative estimate of drug-likeness (QED) is 0.316. The summed E-state index contributed by atoms with van der Waals surface area (Å²) in [6.45, 7) is 1.22. The van der Waals surface area contributed by atoms with E-state index in [1.54, 1.807) is 6.26 Å². The zero-order valence-corrected chi connectivity index (χ0v) is 18.8. The Balaban J connectivity index is 2.13. The summed E-state index contributed by atoms with van der Waals surface area (Å²) in [4.78, 5) is 14.9. The van der Waals surface area contributed by atoms with Gasteiger partial charge >= 0.3 is 6.18 Å². The molecule has 0 radical (unpaired) electrons. The lowest BCUT2D eigenvalue weighted by Gasteiger charge is -2.43. The number of aliphatic hydroxyl groups is 3. The van der Waals surface area contributed by atoms with Crippen LogP contribution in [0.4, 0.5) is 13.2 Å². The number of nitrogens with one attached hydrogen (secondary N) is 2. The van der Waals surface area contributed by atoms with Crippen molar-refractivity contribution in [3.05, 3.63) is 0 Å². The maximum Gasteiger partial charge on any atom is 0.401 e. The number of thioether (sulfide) groups is 1. The topological polar surface area (TPSA) is 114 Å². The Morgan fingerprint density at radius 3 is 2.52 bits per heavy atom. The second-order valence-corrected chi connectivity index (χ2v) is 9.32. The van der Waals surface area contributed by atoms with Crippen molar-refractivity contribution in [1.29, 1.82) is 0 Å². The molecule has 0 aromatic rings. The van der Waals surface area contributed by atoms with Crippen molar-refractivity contribution in [1.82, 2.24) is 15.5 Å². The van der Waals surface area contributed by atoms with Crippen LogP contribution >= 0.6 is 11.8 Å². The van der Waals surface area contributed by atoms with Gasteiger partial charge in [0.05, 0.1) is 18.6 Å². The van der Waals surface area contributed by atoms with Crippen LogP contribution in [0.2, 0.25) is 0 Å². The van der Waals surface area contributed by atoms with Crippen LogP contribution in [-0.2, 0) is 9.53 Å². The van der Waals surface area contributed by atoms with Crippen LogP contribution in [0, 0.1) is 5.92 Å². The number of halogens is 3. The molecule has 2 aliphatic heterocycles. The van der Waals surface area contributed by atoms with Crippen LogP contribution in [-0.4, -0.2) is 107 Å². The molecule has 2 heterocycles. The summed E-state index contributed by atoms with van der Waals surface area (Å²) in [7, 11) is 1.83. The average Bonchev–Trinajstić information content (AvgIpc) is 3.05. The molecule has 2 fully saturated rings. The van der Waals surface area contributed by atoms with E-state index >= 15 is 0 Å². The molecule has 12 heteroatoms. The van der Waals surface area contributed by atoms with Gasteiger partial charge in [-0.15, -0.1) is 11.8 Å². The number of hydrogen-bond donors (Lipinski definition) is 5. The summed E-state index contributed by atoms with van der Waals surface area (Å²) < 4.78 is 43.5. The third kappa shape index (κ3) is 7.18. The highest BCUT2D eigenvalue weighted by molar-refractivity contribution is 7.99. The average molecular weight is 474 g/mol. The van der Waals surface area contributed by atoms with Crippen LogP contribution in [0.1, 0.15) is 26.2 Å². The molecule has 8 atom stereocenters. The molecule has 5 N–H and O–H groups in total. The van der Waals surface area contributed by atoms with Gasteiger partial charge in [-0.05, 0) is 32.1 Å². The van der Waals surface area contributed by atoms with Crippen molar-refractivity contribution in [2.45, 2.75) is 74.3 Å². The highest BCUT2D eigenvalue weighted by atomic mass is 32.2. The van der Waals surface area contributed by atoms with Gasteiger partial charge in [0.15, 0.2) is 0 Å². The molecular formula is C19H34F3N3O5S. The number of hydrogen-bond acceptors (Lipinski definition) is 8. The number of nitrogens with zero attached hydrogens (tertiary/aromatic N) is 1. The minimum Gasteiger partial charge on any atom is -0.388 e. The van der Waals surface area contributed by atoms with Crippen LogP contribution in [0.25, 0.3) is 0 Å². The standard InChI is InChI=1S/C19H34F3N3O5S/c1-4-5-10-6-12(25(2)8-10)17(29)24-11(7-23-9-19(20,21)22)16-14(27)13(26)15(28)18(30-16)31-3/h10-16,18,23,26-28H,4-9H2,1-3H3,(H,24,29)/t10-,11-,12+,13-,14?,15-,16-,18?/m1/s1. The Labute approximate surface area is 184 Å². The van der Waals surface area contributed by atoms with E-state index in [0.717, 1.165) is 31.1 Å². The van der Waals surface area contributed by atoms with E-state index in [9.17, 15) is 33.3 Å². The largest absolute Gasteiger partial charge is 0.401 e. The Bertz CT molecular complexity index is 586. The summed E-state index contributed by atoms with van der Waals surface area (Å²) >= 11 is 1.09. The number of alkyl halides is 3. The zero-order chi connectivity index (χ0) is 23.3. The highest BCUT2D eigenvalue weighted by Gasteiger charge is 2.47. The SMILES string of the molecule is CCC[C@@H]1C[C@@H](C(=O)N[C@H](CNCC(F)(F)F)[C@H]2OC(SC)[C@H](O)[C@H](O)C2O)N(C)C1. The Kier molecular flexibility index (Phi) is 9.86. The van der Waals surface area contributed by atoms with Crippen LogP contribution < -0.4 is 10.6 Å². The Hall–Kier alpha value is -0.630. The summed E-state index contributed by atoms with van der Waals surface area (Å²) in [5.74, 6) is -0.000980. The third-order valence-corrected chi connectivity index (χ3v) is 6.74. The summed E-state index contributed by atoms with van der Waals surface area (Å²) in [5, 5.41) is 35.6. The van der Waals surface area contributed by atoms with E-state index in [1.165, 1.54) is 0 Å². The molecule has 2 rings (SSSR count).